The van der Waals surface area contributed by atoms with Crippen LogP contribution in [0.1, 0.15) is 17.5 Å². The molecule has 1 amide bonds. The molecule has 0 atom stereocenters. The highest BCUT2D eigenvalue weighted by atomic mass is 32.2. The van der Waals surface area contributed by atoms with E-state index in [2.05, 4.69) is 36.9 Å². The van der Waals surface area contributed by atoms with Gasteiger partial charge in [0.05, 0.1) is 0 Å². The van der Waals surface area contributed by atoms with Gasteiger partial charge in [0, 0.05) is 44.0 Å². The molecule has 0 bridgehead atoms. The molecule has 1 saturated heterocycles. The number of amides is 1. The third-order valence-electron chi connectivity index (χ3n) is 4.07. The van der Waals surface area contributed by atoms with Crippen LogP contribution < -0.4 is 4.90 Å². The Balaban J connectivity index is 1.94. The summed E-state index contributed by atoms with van der Waals surface area (Å²) < 4.78 is 0. The fourth-order valence-corrected chi connectivity index (χ4v) is 3.00. The Labute approximate surface area is 126 Å². The van der Waals surface area contributed by atoms with E-state index in [0.29, 0.717) is 12.3 Å². The summed E-state index contributed by atoms with van der Waals surface area (Å²) in [5.41, 5.74) is 4.01. The zero-order valence-corrected chi connectivity index (χ0v) is 13.5. The number of hydrogen-bond donors (Lipinski definition) is 0. The number of nitrogens with zero attached hydrogens (tertiary/aromatic N) is 2. The summed E-state index contributed by atoms with van der Waals surface area (Å²) in [6, 6.07) is 6.46. The van der Waals surface area contributed by atoms with Crippen LogP contribution in [0.3, 0.4) is 0 Å². The lowest BCUT2D eigenvalue weighted by Crippen LogP contribution is -2.49. The first-order valence-corrected chi connectivity index (χ1v) is 8.60. The van der Waals surface area contributed by atoms with Crippen LogP contribution in [0.4, 0.5) is 5.69 Å². The molecule has 4 heteroatoms. The van der Waals surface area contributed by atoms with Crippen LogP contribution in [-0.4, -0.2) is 49.0 Å². The quantitative estimate of drug-likeness (QED) is 0.852. The molecule has 0 spiro atoms. The molecule has 3 nitrogen and oxygen atoms in total. The van der Waals surface area contributed by atoms with Crippen LogP contribution in [0.15, 0.2) is 18.2 Å². The van der Waals surface area contributed by atoms with Crippen molar-refractivity contribution in [3.8, 4) is 0 Å². The van der Waals surface area contributed by atoms with Crippen LogP contribution in [-0.2, 0) is 4.79 Å². The Morgan fingerprint density at radius 1 is 1.20 bits per heavy atom. The van der Waals surface area contributed by atoms with Crippen LogP contribution >= 0.6 is 11.8 Å². The second kappa shape index (κ2) is 7.02. The van der Waals surface area contributed by atoms with E-state index in [0.717, 1.165) is 31.9 Å². The zero-order valence-electron chi connectivity index (χ0n) is 12.7. The molecular weight excluding hydrogens is 268 g/mol. The number of thioether (sulfide) groups is 1. The molecule has 0 saturated carbocycles. The van der Waals surface area contributed by atoms with E-state index in [9.17, 15) is 4.79 Å². The van der Waals surface area contributed by atoms with Crippen molar-refractivity contribution < 1.29 is 4.79 Å². The first kappa shape index (κ1) is 15.2. The van der Waals surface area contributed by atoms with E-state index >= 15 is 0 Å². The van der Waals surface area contributed by atoms with Crippen LogP contribution in [0.25, 0.3) is 0 Å². The normalized spacial score (nSPS) is 15.6. The second-order valence-corrected chi connectivity index (χ2v) is 6.32. The maximum atomic E-state index is 12.0. The van der Waals surface area contributed by atoms with Crippen molar-refractivity contribution >= 4 is 23.4 Å². The third kappa shape index (κ3) is 3.48. The molecule has 110 valence electrons. The molecule has 0 aliphatic carbocycles. The monoisotopic (exact) mass is 292 g/mol. The van der Waals surface area contributed by atoms with Gasteiger partial charge in [0.15, 0.2) is 0 Å². The molecule has 1 heterocycles. The average molecular weight is 292 g/mol. The lowest BCUT2D eigenvalue weighted by molar-refractivity contribution is -0.131. The minimum atomic E-state index is 0.306. The number of benzene rings is 1. The molecule has 0 aromatic heterocycles. The molecule has 1 aliphatic heterocycles. The molecular formula is C16H24N2OS. The summed E-state index contributed by atoms with van der Waals surface area (Å²) in [6.07, 6.45) is 2.72. The predicted molar refractivity (Wildman–Crippen MR) is 87.7 cm³/mol. The summed E-state index contributed by atoms with van der Waals surface area (Å²) in [6.45, 7) is 7.91. The Kier molecular flexibility index (Phi) is 5.35. The van der Waals surface area contributed by atoms with Crippen molar-refractivity contribution in [3.63, 3.8) is 0 Å². The number of anilines is 1. The maximum absolute atomic E-state index is 12.0. The smallest absolute Gasteiger partial charge is 0.223 e. The van der Waals surface area contributed by atoms with Crippen molar-refractivity contribution in [1.82, 2.24) is 4.90 Å². The lowest BCUT2D eigenvalue weighted by atomic mass is 10.1. The molecule has 1 aromatic carbocycles. The molecule has 1 aromatic rings. The van der Waals surface area contributed by atoms with Gasteiger partial charge in [-0.05, 0) is 37.3 Å². The molecule has 20 heavy (non-hydrogen) atoms. The molecule has 1 aliphatic rings. The topological polar surface area (TPSA) is 23.6 Å². The van der Waals surface area contributed by atoms with E-state index in [1.807, 2.05) is 11.2 Å². The van der Waals surface area contributed by atoms with E-state index in [1.54, 1.807) is 11.8 Å². The van der Waals surface area contributed by atoms with Crippen LogP contribution in [0.5, 0.6) is 0 Å². The standard InChI is InChI=1S/C16H24N2OS/c1-13-5-4-6-15(14(13)2)17-8-10-18(11-9-17)16(19)7-12-20-3/h4-6H,7-12H2,1-3H3. The second-order valence-electron chi connectivity index (χ2n) is 5.33. The highest BCUT2D eigenvalue weighted by molar-refractivity contribution is 7.98. The first-order chi connectivity index (χ1) is 9.63. The van der Waals surface area contributed by atoms with E-state index in [1.165, 1.54) is 16.8 Å². The van der Waals surface area contributed by atoms with Gasteiger partial charge in [-0.3, -0.25) is 4.79 Å². The van der Waals surface area contributed by atoms with Gasteiger partial charge in [-0.15, -0.1) is 0 Å². The fourth-order valence-electron chi connectivity index (χ4n) is 2.62. The maximum Gasteiger partial charge on any atom is 0.223 e. The summed E-state index contributed by atoms with van der Waals surface area (Å²) in [4.78, 5) is 16.4. The number of carbonyl (C=O) groups excluding carboxylic acids is 1. The van der Waals surface area contributed by atoms with Crippen molar-refractivity contribution in [3.05, 3.63) is 29.3 Å². The molecule has 0 radical (unpaired) electrons. The van der Waals surface area contributed by atoms with Crippen LogP contribution in [0.2, 0.25) is 0 Å². The third-order valence-corrected chi connectivity index (χ3v) is 4.68. The van der Waals surface area contributed by atoms with Gasteiger partial charge in [0.25, 0.3) is 0 Å². The van der Waals surface area contributed by atoms with Gasteiger partial charge in [-0.2, -0.15) is 11.8 Å². The van der Waals surface area contributed by atoms with E-state index < -0.39 is 0 Å². The van der Waals surface area contributed by atoms with Gasteiger partial charge in [-0.1, -0.05) is 12.1 Å². The average Bonchev–Trinajstić information content (AvgIpc) is 2.48. The Morgan fingerprint density at radius 2 is 1.90 bits per heavy atom. The highest BCUT2D eigenvalue weighted by Crippen LogP contribution is 2.23. The molecule has 2 rings (SSSR count). The van der Waals surface area contributed by atoms with Crippen LogP contribution in [0, 0.1) is 13.8 Å². The SMILES string of the molecule is CSCCC(=O)N1CCN(c2cccc(C)c2C)CC1. The van der Waals surface area contributed by atoms with Gasteiger partial charge >= 0.3 is 0 Å². The predicted octanol–water partition coefficient (Wildman–Crippen LogP) is 2.71. The number of piperazine rings is 1. The van der Waals surface area contributed by atoms with E-state index in [-0.39, 0.29) is 0 Å². The Bertz CT molecular complexity index is 468. The number of aryl methyl sites for hydroxylation is 1. The highest BCUT2D eigenvalue weighted by Gasteiger charge is 2.21. The summed E-state index contributed by atoms with van der Waals surface area (Å²) in [5, 5.41) is 0. The Hall–Kier alpha value is -1.16. The van der Waals surface area contributed by atoms with Gasteiger partial charge in [0.1, 0.15) is 0 Å². The molecule has 0 unspecified atom stereocenters. The van der Waals surface area contributed by atoms with Gasteiger partial charge < -0.3 is 9.80 Å². The van der Waals surface area contributed by atoms with Crippen molar-refractivity contribution in [2.45, 2.75) is 20.3 Å². The summed E-state index contributed by atoms with van der Waals surface area (Å²) >= 11 is 1.74. The fraction of sp³-hybridized carbons (Fsp3) is 0.562. The number of hydrogen-bond acceptors (Lipinski definition) is 3. The minimum Gasteiger partial charge on any atom is -0.368 e. The first-order valence-electron chi connectivity index (χ1n) is 7.21. The lowest BCUT2D eigenvalue weighted by Gasteiger charge is -2.37. The summed E-state index contributed by atoms with van der Waals surface area (Å²) in [7, 11) is 0. The van der Waals surface area contributed by atoms with Crippen molar-refractivity contribution in [2.75, 3.05) is 43.1 Å². The molecule has 0 N–H and O–H groups in total. The zero-order chi connectivity index (χ0) is 14.5. The number of rotatable bonds is 4. The van der Waals surface area contributed by atoms with Crippen molar-refractivity contribution in [1.29, 1.82) is 0 Å². The largest absolute Gasteiger partial charge is 0.368 e. The van der Waals surface area contributed by atoms with Gasteiger partial charge in [0.2, 0.25) is 5.91 Å². The van der Waals surface area contributed by atoms with Gasteiger partial charge in [-0.25, -0.2) is 0 Å². The van der Waals surface area contributed by atoms with E-state index in [4.69, 9.17) is 0 Å². The number of carbonyl (C=O) groups is 1. The molecule has 1 fully saturated rings. The summed E-state index contributed by atoms with van der Waals surface area (Å²) in [5.74, 6) is 1.23. The Morgan fingerprint density at radius 3 is 2.55 bits per heavy atom. The van der Waals surface area contributed by atoms with Crippen molar-refractivity contribution in [2.24, 2.45) is 0 Å². The minimum absolute atomic E-state index is 0.306.